The fourth-order valence-electron chi connectivity index (χ4n) is 3.14. The van der Waals surface area contributed by atoms with E-state index in [2.05, 4.69) is 10.2 Å². The molecule has 4 rings (SSSR count). The molecular weight excluding hydrogens is 423 g/mol. The summed E-state index contributed by atoms with van der Waals surface area (Å²) in [5.41, 5.74) is -1.26. The highest BCUT2D eigenvalue weighted by molar-refractivity contribution is 7.23. The first-order valence-electron chi connectivity index (χ1n) is 8.60. The fraction of sp³-hybridized carbons (Fsp3) is 0.200. The summed E-state index contributed by atoms with van der Waals surface area (Å²) in [7, 11) is 1.72. The molecule has 0 aliphatic heterocycles. The maximum atomic E-state index is 14.0. The standard InChI is InChI=1S/C20H15ClF3N3OS/c1-20(2,28-16-12(23)8-10(22)9-13(16)24)19-26-25-18(27(19)3)17-15(21)11-6-4-5-7-14(11)29-17/h4-9H,1-3H3. The van der Waals surface area contributed by atoms with Gasteiger partial charge in [-0.05, 0) is 19.9 Å². The van der Waals surface area contributed by atoms with Gasteiger partial charge in [0.2, 0.25) is 0 Å². The first kappa shape index (κ1) is 19.7. The minimum absolute atomic E-state index is 0.323. The van der Waals surface area contributed by atoms with Crippen molar-refractivity contribution in [2.24, 2.45) is 7.05 Å². The molecule has 0 aliphatic carbocycles. The molecule has 0 saturated carbocycles. The van der Waals surface area contributed by atoms with E-state index in [1.54, 1.807) is 25.5 Å². The van der Waals surface area contributed by atoms with Crippen LogP contribution < -0.4 is 4.74 Å². The average Bonchev–Trinajstić information content (AvgIpc) is 3.19. The van der Waals surface area contributed by atoms with Gasteiger partial charge in [0.25, 0.3) is 0 Å². The molecule has 0 saturated heterocycles. The van der Waals surface area contributed by atoms with Crippen LogP contribution in [-0.2, 0) is 12.6 Å². The lowest BCUT2D eigenvalue weighted by Gasteiger charge is -2.26. The van der Waals surface area contributed by atoms with Crippen molar-refractivity contribution in [3.8, 4) is 16.5 Å². The maximum absolute atomic E-state index is 14.0. The van der Waals surface area contributed by atoms with Crippen LogP contribution in [-0.4, -0.2) is 14.8 Å². The van der Waals surface area contributed by atoms with Gasteiger partial charge in [0.15, 0.2) is 34.6 Å². The first-order chi connectivity index (χ1) is 13.7. The lowest BCUT2D eigenvalue weighted by Crippen LogP contribution is -2.30. The monoisotopic (exact) mass is 437 g/mol. The summed E-state index contributed by atoms with van der Waals surface area (Å²) in [5, 5.41) is 9.85. The molecule has 0 amide bonds. The number of rotatable bonds is 4. The maximum Gasteiger partial charge on any atom is 0.192 e. The van der Waals surface area contributed by atoms with Gasteiger partial charge in [-0.2, -0.15) is 0 Å². The molecule has 2 aromatic heterocycles. The van der Waals surface area contributed by atoms with Gasteiger partial charge in [0, 0.05) is 29.3 Å². The van der Waals surface area contributed by atoms with Gasteiger partial charge in [0.05, 0.1) is 9.90 Å². The highest BCUT2D eigenvalue weighted by atomic mass is 35.5. The largest absolute Gasteiger partial charge is 0.474 e. The molecule has 29 heavy (non-hydrogen) atoms. The molecule has 4 nitrogen and oxygen atoms in total. The Kier molecular flexibility index (Phi) is 4.78. The molecule has 150 valence electrons. The number of hydrogen-bond donors (Lipinski definition) is 0. The Morgan fingerprint density at radius 2 is 1.72 bits per heavy atom. The minimum Gasteiger partial charge on any atom is -0.474 e. The lowest BCUT2D eigenvalue weighted by molar-refractivity contribution is 0.0833. The van der Waals surface area contributed by atoms with Gasteiger partial charge in [-0.15, -0.1) is 21.5 Å². The Morgan fingerprint density at radius 1 is 1.07 bits per heavy atom. The minimum atomic E-state index is -1.26. The zero-order valence-electron chi connectivity index (χ0n) is 15.6. The quantitative estimate of drug-likeness (QED) is 0.388. The predicted octanol–water partition coefficient (Wildman–Crippen LogP) is 6.08. The van der Waals surface area contributed by atoms with E-state index >= 15 is 0 Å². The van der Waals surface area contributed by atoms with Crippen LogP contribution in [0, 0.1) is 17.5 Å². The van der Waals surface area contributed by atoms with Crippen LogP contribution in [0.15, 0.2) is 36.4 Å². The summed E-state index contributed by atoms with van der Waals surface area (Å²) in [6.07, 6.45) is 0. The van der Waals surface area contributed by atoms with Crippen LogP contribution in [0.5, 0.6) is 5.75 Å². The first-order valence-corrected chi connectivity index (χ1v) is 9.79. The van der Waals surface area contributed by atoms with Crippen molar-refractivity contribution in [2.75, 3.05) is 0 Å². The summed E-state index contributed by atoms with van der Waals surface area (Å²) >= 11 is 8.00. The summed E-state index contributed by atoms with van der Waals surface area (Å²) in [6, 6.07) is 8.82. The number of halogens is 4. The lowest BCUT2D eigenvalue weighted by atomic mass is 10.1. The Hall–Kier alpha value is -2.58. The van der Waals surface area contributed by atoms with Crippen molar-refractivity contribution in [3.05, 3.63) is 64.7 Å². The molecule has 0 bridgehead atoms. The zero-order valence-corrected chi connectivity index (χ0v) is 17.2. The van der Waals surface area contributed by atoms with E-state index in [0.717, 1.165) is 15.0 Å². The molecule has 0 unspecified atom stereocenters. The summed E-state index contributed by atoms with van der Waals surface area (Å²) in [5.74, 6) is -3.14. The van der Waals surface area contributed by atoms with E-state index in [0.29, 0.717) is 28.8 Å². The van der Waals surface area contributed by atoms with Gasteiger partial charge >= 0.3 is 0 Å². The number of thiophene rings is 1. The summed E-state index contributed by atoms with van der Waals surface area (Å²) < 4.78 is 49.5. The number of hydrogen-bond acceptors (Lipinski definition) is 4. The molecule has 0 atom stereocenters. The molecule has 0 spiro atoms. The van der Waals surface area contributed by atoms with E-state index in [1.807, 2.05) is 24.3 Å². The SMILES string of the molecule is Cn1c(-c2sc3ccccc3c2Cl)nnc1C(C)(C)Oc1c(F)cc(F)cc1F. The fourth-order valence-corrected chi connectivity index (χ4v) is 4.67. The number of ether oxygens (including phenoxy) is 1. The summed E-state index contributed by atoms with van der Waals surface area (Å²) in [4.78, 5) is 0.726. The highest BCUT2D eigenvalue weighted by Crippen LogP contribution is 2.42. The van der Waals surface area contributed by atoms with E-state index in [4.69, 9.17) is 16.3 Å². The smallest absolute Gasteiger partial charge is 0.192 e. The molecule has 0 fully saturated rings. The van der Waals surface area contributed by atoms with Crippen LogP contribution in [0.1, 0.15) is 19.7 Å². The number of fused-ring (bicyclic) bond motifs is 1. The van der Waals surface area contributed by atoms with Crippen molar-refractivity contribution in [2.45, 2.75) is 19.4 Å². The van der Waals surface area contributed by atoms with Crippen LogP contribution in [0.4, 0.5) is 13.2 Å². The third-order valence-electron chi connectivity index (χ3n) is 4.47. The molecular formula is C20H15ClF3N3OS. The molecule has 0 aliphatic rings. The summed E-state index contributed by atoms with van der Waals surface area (Å²) in [6.45, 7) is 3.19. The second kappa shape index (κ2) is 7.03. The second-order valence-electron chi connectivity index (χ2n) is 6.96. The Labute approximate surface area is 173 Å². The van der Waals surface area contributed by atoms with E-state index < -0.39 is 28.8 Å². The van der Waals surface area contributed by atoms with E-state index in [9.17, 15) is 13.2 Å². The van der Waals surface area contributed by atoms with Gasteiger partial charge < -0.3 is 9.30 Å². The molecule has 2 heterocycles. The Morgan fingerprint density at radius 3 is 2.38 bits per heavy atom. The molecule has 4 aromatic rings. The van der Waals surface area contributed by atoms with Gasteiger partial charge in [-0.3, -0.25) is 0 Å². The number of benzene rings is 2. The van der Waals surface area contributed by atoms with Crippen LogP contribution in [0.25, 0.3) is 20.8 Å². The molecule has 0 radical (unpaired) electrons. The topological polar surface area (TPSA) is 39.9 Å². The predicted molar refractivity (Wildman–Crippen MR) is 107 cm³/mol. The third-order valence-corrected chi connectivity index (χ3v) is 6.14. The van der Waals surface area contributed by atoms with Gasteiger partial charge in [0.1, 0.15) is 5.82 Å². The third kappa shape index (κ3) is 3.36. The highest BCUT2D eigenvalue weighted by Gasteiger charge is 2.33. The van der Waals surface area contributed by atoms with Crippen molar-refractivity contribution in [1.29, 1.82) is 0 Å². The van der Waals surface area contributed by atoms with Crippen LogP contribution >= 0.6 is 22.9 Å². The number of nitrogens with zero attached hydrogens (tertiary/aromatic N) is 3. The van der Waals surface area contributed by atoms with Crippen LogP contribution in [0.3, 0.4) is 0 Å². The van der Waals surface area contributed by atoms with Gasteiger partial charge in [-0.25, -0.2) is 13.2 Å². The molecule has 0 N–H and O–H groups in total. The zero-order chi connectivity index (χ0) is 20.9. The second-order valence-corrected chi connectivity index (χ2v) is 8.39. The van der Waals surface area contributed by atoms with Crippen molar-refractivity contribution >= 4 is 33.0 Å². The normalized spacial score (nSPS) is 12.0. The van der Waals surface area contributed by atoms with Gasteiger partial charge in [-0.1, -0.05) is 29.8 Å². The Balaban J connectivity index is 1.75. The molecule has 9 heteroatoms. The van der Waals surface area contributed by atoms with Crippen LogP contribution in [0.2, 0.25) is 5.02 Å². The van der Waals surface area contributed by atoms with Crippen molar-refractivity contribution in [3.63, 3.8) is 0 Å². The van der Waals surface area contributed by atoms with E-state index in [-0.39, 0.29) is 0 Å². The van der Waals surface area contributed by atoms with Crippen molar-refractivity contribution < 1.29 is 17.9 Å². The van der Waals surface area contributed by atoms with Crippen molar-refractivity contribution in [1.82, 2.24) is 14.8 Å². The molecule has 2 aromatic carbocycles. The number of aromatic nitrogens is 3. The average molecular weight is 438 g/mol. The Bertz CT molecular complexity index is 1210. The van der Waals surface area contributed by atoms with E-state index in [1.165, 1.54) is 11.3 Å².